The van der Waals surface area contributed by atoms with Gasteiger partial charge < -0.3 is 5.32 Å². The summed E-state index contributed by atoms with van der Waals surface area (Å²) in [6.45, 7) is 1.87. The molecule has 2 N–H and O–H groups in total. The maximum absolute atomic E-state index is 12.5. The van der Waals surface area contributed by atoms with Crippen molar-refractivity contribution in [2.45, 2.75) is 64.6 Å². The molecule has 1 aliphatic carbocycles. The molecule has 2 heterocycles. The summed E-state index contributed by atoms with van der Waals surface area (Å²) < 4.78 is 2.08. The maximum atomic E-state index is 12.5. The molecule has 3 amide bonds. The number of carbonyl (C=O) groups excluding carboxylic acids is 2. The highest BCUT2D eigenvalue weighted by molar-refractivity contribution is 5.94. The average molecular weight is 373 g/mol. The second-order valence-electron chi connectivity index (χ2n) is 7.25. The molecule has 1 aromatic rings. The molecule has 0 saturated heterocycles. The molecule has 1 aliphatic heterocycles. The first-order chi connectivity index (χ1) is 12.9. The van der Waals surface area contributed by atoms with Crippen molar-refractivity contribution in [3.05, 3.63) is 32.1 Å². The highest BCUT2D eigenvalue weighted by Crippen LogP contribution is 2.23. The molecule has 144 valence electrons. The van der Waals surface area contributed by atoms with Crippen molar-refractivity contribution in [1.29, 1.82) is 5.26 Å². The van der Waals surface area contributed by atoms with E-state index in [-0.39, 0.29) is 11.6 Å². The maximum Gasteiger partial charge on any atom is 0.331 e. The van der Waals surface area contributed by atoms with Crippen molar-refractivity contribution >= 4 is 11.9 Å². The normalized spacial score (nSPS) is 21.2. The number of fused-ring (bicyclic) bond motifs is 1. The van der Waals surface area contributed by atoms with Crippen LogP contribution in [0.25, 0.3) is 0 Å². The number of nitrogens with one attached hydrogen (secondary N) is 2. The SMILES string of the molecule is C[C@@H]1CCCC[C@H]1NC(=O)NC(=O)Cn1c(=O)c(C#N)c2n(c1=O)CCC2. The van der Waals surface area contributed by atoms with Gasteiger partial charge in [-0.3, -0.25) is 19.5 Å². The van der Waals surface area contributed by atoms with E-state index in [4.69, 9.17) is 0 Å². The van der Waals surface area contributed by atoms with Crippen LogP contribution in [0, 0.1) is 17.2 Å². The zero-order chi connectivity index (χ0) is 19.6. The third-order valence-corrected chi connectivity index (χ3v) is 5.42. The topological polar surface area (TPSA) is 126 Å². The minimum atomic E-state index is -0.785. The largest absolute Gasteiger partial charge is 0.335 e. The van der Waals surface area contributed by atoms with Crippen LogP contribution in [0.2, 0.25) is 0 Å². The number of aromatic nitrogens is 2. The van der Waals surface area contributed by atoms with Gasteiger partial charge in [-0.2, -0.15) is 5.26 Å². The first-order valence-electron chi connectivity index (χ1n) is 9.29. The molecule has 2 aliphatic rings. The lowest BCUT2D eigenvalue weighted by Gasteiger charge is -2.29. The highest BCUT2D eigenvalue weighted by Gasteiger charge is 2.25. The molecule has 1 aromatic heterocycles. The Morgan fingerprint density at radius 2 is 1.96 bits per heavy atom. The van der Waals surface area contributed by atoms with Gasteiger partial charge in [0.2, 0.25) is 5.91 Å². The monoisotopic (exact) mass is 373 g/mol. The van der Waals surface area contributed by atoms with Crippen molar-refractivity contribution in [2.24, 2.45) is 5.92 Å². The molecule has 0 spiro atoms. The van der Waals surface area contributed by atoms with E-state index in [1.807, 2.05) is 6.07 Å². The lowest BCUT2D eigenvalue weighted by molar-refractivity contribution is -0.120. The molecule has 1 fully saturated rings. The molecule has 9 nitrogen and oxygen atoms in total. The Balaban J connectivity index is 1.71. The number of nitrogens with zero attached hydrogens (tertiary/aromatic N) is 3. The fourth-order valence-electron chi connectivity index (χ4n) is 3.93. The second kappa shape index (κ2) is 7.78. The summed E-state index contributed by atoms with van der Waals surface area (Å²) in [7, 11) is 0. The van der Waals surface area contributed by atoms with Gasteiger partial charge in [0.1, 0.15) is 18.2 Å². The van der Waals surface area contributed by atoms with Gasteiger partial charge in [0, 0.05) is 18.3 Å². The van der Waals surface area contributed by atoms with E-state index >= 15 is 0 Å². The molecule has 2 atom stereocenters. The summed E-state index contributed by atoms with van der Waals surface area (Å²) in [4.78, 5) is 49.1. The molecule has 0 aromatic carbocycles. The van der Waals surface area contributed by atoms with Crippen molar-refractivity contribution < 1.29 is 9.59 Å². The van der Waals surface area contributed by atoms with Gasteiger partial charge in [-0.25, -0.2) is 14.2 Å². The number of urea groups is 1. The highest BCUT2D eigenvalue weighted by atomic mass is 16.2. The predicted molar refractivity (Wildman–Crippen MR) is 96.1 cm³/mol. The molecule has 27 heavy (non-hydrogen) atoms. The molecule has 3 rings (SSSR count). The minimum Gasteiger partial charge on any atom is -0.335 e. The van der Waals surface area contributed by atoms with Gasteiger partial charge in [0.25, 0.3) is 5.56 Å². The van der Waals surface area contributed by atoms with Crippen LogP contribution >= 0.6 is 0 Å². The second-order valence-corrected chi connectivity index (χ2v) is 7.25. The number of rotatable bonds is 3. The zero-order valence-electron chi connectivity index (χ0n) is 15.3. The number of nitriles is 1. The summed E-state index contributed by atoms with van der Waals surface area (Å²) in [5.41, 5.74) is -1.09. The van der Waals surface area contributed by atoms with Crippen molar-refractivity contribution in [3.63, 3.8) is 0 Å². The average Bonchev–Trinajstić information content (AvgIpc) is 3.10. The fraction of sp³-hybridized carbons (Fsp3) is 0.611. The first-order valence-corrected chi connectivity index (χ1v) is 9.29. The van der Waals surface area contributed by atoms with Crippen molar-refractivity contribution in [2.75, 3.05) is 0 Å². The van der Waals surface area contributed by atoms with Gasteiger partial charge in [-0.1, -0.05) is 19.8 Å². The zero-order valence-corrected chi connectivity index (χ0v) is 15.3. The Hall–Kier alpha value is -2.89. The number of imide groups is 1. The van der Waals surface area contributed by atoms with Gasteiger partial charge in [-0.05, 0) is 31.6 Å². The van der Waals surface area contributed by atoms with Crippen LogP contribution < -0.4 is 21.9 Å². The smallest absolute Gasteiger partial charge is 0.331 e. The van der Waals surface area contributed by atoms with E-state index < -0.39 is 29.7 Å². The van der Waals surface area contributed by atoms with Crippen molar-refractivity contribution in [3.8, 4) is 6.07 Å². The summed E-state index contributed by atoms with van der Waals surface area (Å²) in [5.74, 6) is -0.431. The quantitative estimate of drug-likeness (QED) is 0.784. The van der Waals surface area contributed by atoms with Gasteiger partial charge in [-0.15, -0.1) is 0 Å². The lowest BCUT2D eigenvalue weighted by atomic mass is 9.86. The van der Waals surface area contributed by atoms with E-state index in [1.54, 1.807) is 0 Å². The van der Waals surface area contributed by atoms with E-state index in [9.17, 15) is 24.4 Å². The van der Waals surface area contributed by atoms with Gasteiger partial charge in [0.05, 0.1) is 0 Å². The molecule has 1 saturated carbocycles. The molecular weight excluding hydrogens is 350 g/mol. The summed E-state index contributed by atoms with van der Waals surface area (Å²) in [6.07, 6.45) is 5.20. The number of hydrogen-bond donors (Lipinski definition) is 2. The van der Waals surface area contributed by atoms with Crippen LogP contribution in [-0.4, -0.2) is 27.1 Å². The Kier molecular flexibility index (Phi) is 5.44. The molecule has 0 unspecified atom stereocenters. The Morgan fingerprint density at radius 3 is 2.67 bits per heavy atom. The molecule has 9 heteroatoms. The van der Waals surface area contributed by atoms with Crippen LogP contribution in [-0.2, 0) is 24.3 Å². The standard InChI is InChI=1S/C18H23N5O4/c1-11-5-2-3-6-13(11)20-17(26)21-15(24)10-23-16(25)12(9-19)14-7-4-8-22(14)18(23)27/h11,13H,2-8,10H2,1H3,(H2,20,21,24,26)/t11-,13-/m1/s1. The van der Waals surface area contributed by atoms with E-state index in [0.29, 0.717) is 31.0 Å². The number of amides is 3. The number of hydrogen-bond acceptors (Lipinski definition) is 5. The summed E-state index contributed by atoms with van der Waals surface area (Å²) in [5, 5.41) is 14.2. The first kappa shape index (κ1) is 18.9. The third-order valence-electron chi connectivity index (χ3n) is 5.42. The number of carbonyl (C=O) groups is 2. The van der Waals surface area contributed by atoms with Crippen molar-refractivity contribution in [1.82, 2.24) is 19.8 Å². The molecule has 0 bridgehead atoms. The Morgan fingerprint density at radius 1 is 1.22 bits per heavy atom. The van der Waals surface area contributed by atoms with Crippen LogP contribution in [0.15, 0.2) is 9.59 Å². The summed E-state index contributed by atoms with van der Waals surface area (Å²) in [6, 6.07) is 1.21. The van der Waals surface area contributed by atoms with E-state index in [0.717, 1.165) is 30.3 Å². The fourth-order valence-corrected chi connectivity index (χ4v) is 3.93. The van der Waals surface area contributed by atoms with Crippen LogP contribution in [0.4, 0.5) is 4.79 Å². The van der Waals surface area contributed by atoms with Crippen LogP contribution in [0.3, 0.4) is 0 Å². The predicted octanol–water partition coefficient (Wildman–Crippen LogP) is 0.232. The molecule has 0 radical (unpaired) electrons. The van der Waals surface area contributed by atoms with E-state index in [1.165, 1.54) is 4.57 Å². The summed E-state index contributed by atoms with van der Waals surface area (Å²) >= 11 is 0. The van der Waals surface area contributed by atoms with Crippen LogP contribution in [0.5, 0.6) is 0 Å². The van der Waals surface area contributed by atoms with Gasteiger partial charge >= 0.3 is 11.7 Å². The third kappa shape index (κ3) is 3.79. The lowest BCUT2D eigenvalue weighted by Crippen LogP contribution is -2.50. The van der Waals surface area contributed by atoms with Gasteiger partial charge in [0.15, 0.2) is 0 Å². The Bertz CT molecular complexity index is 923. The van der Waals surface area contributed by atoms with E-state index in [2.05, 4.69) is 17.6 Å². The minimum absolute atomic E-state index is 0.00471. The van der Waals surface area contributed by atoms with Crippen LogP contribution in [0.1, 0.15) is 50.3 Å². The Labute approximate surface area is 156 Å². The molecular formula is C18H23N5O4.